The molecular weight excluding hydrogens is 486 g/mol. The lowest BCUT2D eigenvalue weighted by Crippen LogP contribution is -2.38. The highest BCUT2D eigenvalue weighted by molar-refractivity contribution is 5.99. The average molecular weight is 518 g/mol. The Hall–Kier alpha value is -4.42. The van der Waals surface area contributed by atoms with E-state index in [9.17, 15) is 9.59 Å². The van der Waals surface area contributed by atoms with Gasteiger partial charge in [0.1, 0.15) is 6.17 Å². The average Bonchev–Trinajstić information content (AvgIpc) is 3.60. The topological polar surface area (TPSA) is 70.7 Å². The van der Waals surface area contributed by atoms with Gasteiger partial charge in [0.2, 0.25) is 0 Å². The monoisotopic (exact) mass is 517 g/mol. The van der Waals surface area contributed by atoms with Crippen molar-refractivity contribution in [1.82, 2.24) is 10.2 Å². The molecule has 2 aliphatic rings. The summed E-state index contributed by atoms with van der Waals surface area (Å²) < 4.78 is 5.83. The zero-order valence-corrected chi connectivity index (χ0v) is 21.6. The molecule has 2 N–H and O–H groups in total. The van der Waals surface area contributed by atoms with Crippen LogP contribution in [0.3, 0.4) is 0 Å². The summed E-state index contributed by atoms with van der Waals surface area (Å²) in [4.78, 5) is 28.4. The standard InChI is InChI=1S/C33H31N3O3/c37-32(35-30(23-10-3-1-4-11-23)24-12-5-2-6-13-24)25-17-19-26(20-18-25)34-31-28-15-7-8-16-29(28)33(38)36(31)22-27-14-9-21-39-27/h1-8,10-13,15-20,27,30-31,34H,9,14,21-22H2,(H,35,37). The molecule has 0 spiro atoms. The van der Waals surface area contributed by atoms with Gasteiger partial charge in [0.05, 0.1) is 12.1 Å². The molecule has 2 amide bonds. The Labute approximate surface area is 228 Å². The molecule has 2 aliphatic heterocycles. The SMILES string of the molecule is O=C(NC(c1ccccc1)c1ccccc1)c1ccc(NC2c3ccccc3C(=O)N2CC2CCCO2)cc1. The van der Waals surface area contributed by atoms with Gasteiger partial charge in [0, 0.05) is 35.5 Å². The van der Waals surface area contributed by atoms with Crippen molar-refractivity contribution in [3.05, 3.63) is 137 Å². The third kappa shape index (κ3) is 5.29. The van der Waals surface area contributed by atoms with Gasteiger partial charge in [-0.3, -0.25) is 9.59 Å². The number of rotatable bonds is 8. The smallest absolute Gasteiger partial charge is 0.256 e. The van der Waals surface area contributed by atoms with Crippen molar-refractivity contribution >= 4 is 17.5 Å². The fourth-order valence-corrected chi connectivity index (χ4v) is 5.46. The van der Waals surface area contributed by atoms with Crippen LogP contribution in [0.2, 0.25) is 0 Å². The first-order chi connectivity index (χ1) is 19.2. The highest BCUT2D eigenvalue weighted by Crippen LogP contribution is 2.35. The molecule has 0 bridgehead atoms. The molecule has 6 nitrogen and oxygen atoms in total. The zero-order valence-electron chi connectivity index (χ0n) is 21.6. The molecule has 4 aromatic rings. The van der Waals surface area contributed by atoms with Gasteiger partial charge in [-0.2, -0.15) is 0 Å². The maximum Gasteiger partial charge on any atom is 0.256 e. The Balaban J connectivity index is 1.20. The second-order valence-corrected chi connectivity index (χ2v) is 10.0. The van der Waals surface area contributed by atoms with Gasteiger partial charge >= 0.3 is 0 Å². The Morgan fingerprint density at radius 1 is 0.846 bits per heavy atom. The third-order valence-electron chi connectivity index (χ3n) is 7.47. The lowest BCUT2D eigenvalue weighted by molar-refractivity contribution is 0.0489. The number of carbonyl (C=O) groups excluding carboxylic acids is 2. The minimum Gasteiger partial charge on any atom is -0.376 e. The van der Waals surface area contributed by atoms with Crippen molar-refractivity contribution in [2.75, 3.05) is 18.5 Å². The minimum absolute atomic E-state index is 0.0162. The molecule has 2 atom stereocenters. The number of benzene rings is 4. The first-order valence-corrected chi connectivity index (χ1v) is 13.5. The predicted octanol–water partition coefficient (Wildman–Crippen LogP) is 5.95. The van der Waals surface area contributed by atoms with Crippen molar-refractivity contribution in [2.24, 2.45) is 0 Å². The van der Waals surface area contributed by atoms with Crippen molar-refractivity contribution < 1.29 is 14.3 Å². The predicted molar refractivity (Wildman–Crippen MR) is 151 cm³/mol. The highest BCUT2D eigenvalue weighted by atomic mass is 16.5. The van der Waals surface area contributed by atoms with Gasteiger partial charge < -0.3 is 20.3 Å². The van der Waals surface area contributed by atoms with E-state index < -0.39 is 0 Å². The fraction of sp³-hybridized carbons (Fsp3) is 0.212. The quantitative estimate of drug-likeness (QED) is 0.303. The molecule has 1 saturated heterocycles. The van der Waals surface area contributed by atoms with E-state index in [1.807, 2.05) is 114 Å². The Kier molecular flexibility index (Phi) is 7.11. The number of fused-ring (bicyclic) bond motifs is 1. The molecule has 1 fully saturated rings. The van der Waals surface area contributed by atoms with Crippen LogP contribution in [-0.2, 0) is 4.74 Å². The van der Waals surface area contributed by atoms with Crippen LogP contribution >= 0.6 is 0 Å². The number of hydrogen-bond acceptors (Lipinski definition) is 4. The molecule has 0 radical (unpaired) electrons. The van der Waals surface area contributed by atoms with Gasteiger partial charge in [0.15, 0.2) is 0 Å². The zero-order chi connectivity index (χ0) is 26.6. The van der Waals surface area contributed by atoms with Crippen LogP contribution in [0.15, 0.2) is 109 Å². The van der Waals surface area contributed by atoms with E-state index in [1.54, 1.807) is 0 Å². The van der Waals surface area contributed by atoms with Crippen molar-refractivity contribution in [3.8, 4) is 0 Å². The minimum atomic E-state index is -0.293. The Morgan fingerprint density at radius 2 is 1.49 bits per heavy atom. The number of amides is 2. The van der Waals surface area contributed by atoms with Crippen LogP contribution in [0.1, 0.15) is 62.5 Å². The number of carbonyl (C=O) groups is 2. The molecule has 6 heteroatoms. The van der Waals surface area contributed by atoms with Crippen molar-refractivity contribution in [1.29, 1.82) is 0 Å². The Morgan fingerprint density at radius 3 is 2.13 bits per heavy atom. The van der Waals surface area contributed by atoms with Crippen LogP contribution in [0, 0.1) is 0 Å². The molecule has 196 valence electrons. The third-order valence-corrected chi connectivity index (χ3v) is 7.47. The summed E-state index contributed by atoms with van der Waals surface area (Å²) >= 11 is 0. The second kappa shape index (κ2) is 11.1. The number of nitrogens with zero attached hydrogens (tertiary/aromatic N) is 1. The summed E-state index contributed by atoms with van der Waals surface area (Å²) in [7, 11) is 0. The first-order valence-electron chi connectivity index (χ1n) is 13.5. The van der Waals surface area contributed by atoms with E-state index in [1.165, 1.54) is 0 Å². The number of nitrogens with one attached hydrogen (secondary N) is 2. The van der Waals surface area contributed by atoms with Crippen LogP contribution in [-0.4, -0.2) is 36.0 Å². The van der Waals surface area contributed by atoms with Gasteiger partial charge in [-0.1, -0.05) is 78.9 Å². The second-order valence-electron chi connectivity index (χ2n) is 10.0. The highest BCUT2D eigenvalue weighted by Gasteiger charge is 2.38. The molecule has 0 saturated carbocycles. The van der Waals surface area contributed by atoms with Gasteiger partial charge in [0.25, 0.3) is 11.8 Å². The molecule has 2 unspecified atom stereocenters. The van der Waals surface area contributed by atoms with E-state index in [0.717, 1.165) is 47.4 Å². The summed E-state index contributed by atoms with van der Waals surface area (Å²) in [6.45, 7) is 1.29. The van der Waals surface area contributed by atoms with Crippen LogP contribution < -0.4 is 10.6 Å². The van der Waals surface area contributed by atoms with Gasteiger partial charge in [-0.05, 0) is 54.3 Å². The largest absolute Gasteiger partial charge is 0.376 e. The first kappa shape index (κ1) is 24.9. The van der Waals surface area contributed by atoms with Gasteiger partial charge in [-0.15, -0.1) is 0 Å². The molecule has 39 heavy (non-hydrogen) atoms. The van der Waals surface area contributed by atoms with Crippen molar-refractivity contribution in [3.63, 3.8) is 0 Å². The normalized spacial score (nSPS) is 18.3. The number of ether oxygens (including phenoxy) is 1. The van der Waals surface area contributed by atoms with Crippen LogP contribution in [0.25, 0.3) is 0 Å². The summed E-state index contributed by atoms with van der Waals surface area (Å²) in [6.07, 6.45) is 1.75. The van der Waals surface area contributed by atoms with Gasteiger partial charge in [-0.25, -0.2) is 0 Å². The maximum atomic E-state index is 13.3. The van der Waals surface area contributed by atoms with Crippen LogP contribution in [0.4, 0.5) is 5.69 Å². The summed E-state index contributed by atoms with van der Waals surface area (Å²) in [6, 6.07) is 34.8. The van der Waals surface area contributed by atoms with Crippen molar-refractivity contribution in [2.45, 2.75) is 31.2 Å². The molecule has 0 aliphatic carbocycles. The molecule has 4 aromatic carbocycles. The lowest BCUT2D eigenvalue weighted by Gasteiger charge is -2.29. The summed E-state index contributed by atoms with van der Waals surface area (Å²) in [5.41, 5.74) is 5.11. The summed E-state index contributed by atoms with van der Waals surface area (Å²) in [5, 5.41) is 6.73. The van der Waals surface area contributed by atoms with E-state index in [0.29, 0.717) is 12.1 Å². The van der Waals surface area contributed by atoms with Crippen LogP contribution in [0.5, 0.6) is 0 Å². The van der Waals surface area contributed by atoms with E-state index in [2.05, 4.69) is 10.6 Å². The molecular formula is C33H31N3O3. The lowest BCUT2D eigenvalue weighted by atomic mass is 9.98. The maximum absolute atomic E-state index is 13.3. The van der Waals surface area contributed by atoms with E-state index >= 15 is 0 Å². The molecule has 6 rings (SSSR count). The fourth-order valence-electron chi connectivity index (χ4n) is 5.46. The Bertz CT molecular complexity index is 1390. The number of anilines is 1. The number of hydrogen-bond donors (Lipinski definition) is 2. The molecule has 2 heterocycles. The van der Waals surface area contributed by atoms with E-state index in [-0.39, 0.29) is 30.1 Å². The van der Waals surface area contributed by atoms with E-state index in [4.69, 9.17) is 4.74 Å². The molecule has 0 aromatic heterocycles. The summed E-state index contributed by atoms with van der Waals surface area (Å²) in [5.74, 6) is -0.136.